The molecule has 1 aliphatic rings. The van der Waals surface area contributed by atoms with Crippen LogP contribution in [0.1, 0.15) is 6.92 Å². The molecule has 5 nitrogen and oxygen atoms in total. The van der Waals surface area contributed by atoms with Gasteiger partial charge in [-0.25, -0.2) is 5.48 Å². The molecule has 0 spiro atoms. The van der Waals surface area contributed by atoms with Crippen LogP contribution in [0.25, 0.3) is 0 Å². The van der Waals surface area contributed by atoms with Crippen LogP contribution in [0.3, 0.4) is 0 Å². The summed E-state index contributed by atoms with van der Waals surface area (Å²) in [6, 6.07) is 0. The maximum absolute atomic E-state index is 11.0. The zero-order valence-corrected chi connectivity index (χ0v) is 7.16. The molecule has 12 heavy (non-hydrogen) atoms. The van der Waals surface area contributed by atoms with Crippen LogP contribution < -0.4 is 5.48 Å². The van der Waals surface area contributed by atoms with Gasteiger partial charge in [-0.2, -0.15) is 0 Å². The van der Waals surface area contributed by atoms with Crippen molar-refractivity contribution in [3.05, 3.63) is 0 Å². The lowest BCUT2D eigenvalue weighted by atomic mass is 10.00. The molecule has 1 N–H and O–H groups in total. The molecule has 2 amide bonds. The topological polar surface area (TPSA) is 58.6 Å². The molecule has 0 radical (unpaired) electrons. The second kappa shape index (κ2) is 3.53. The number of carbonyl (C=O) groups excluding carboxylic acids is 2. The van der Waals surface area contributed by atoms with Gasteiger partial charge < -0.3 is 4.90 Å². The van der Waals surface area contributed by atoms with Crippen LogP contribution in [0.2, 0.25) is 0 Å². The number of likely N-dealkylation sites (tertiary alicyclic amines) is 1. The van der Waals surface area contributed by atoms with Gasteiger partial charge in [0.1, 0.15) is 0 Å². The molecule has 0 aliphatic carbocycles. The smallest absolute Gasteiger partial charge is 0.250 e. The number of hydrogen-bond donors (Lipinski definition) is 1. The molecule has 0 aromatic rings. The summed E-state index contributed by atoms with van der Waals surface area (Å²) in [4.78, 5) is 27.8. The van der Waals surface area contributed by atoms with E-state index in [4.69, 9.17) is 0 Å². The zero-order chi connectivity index (χ0) is 9.14. The number of nitrogens with one attached hydrogen (secondary N) is 1. The summed E-state index contributed by atoms with van der Waals surface area (Å²) in [6.45, 7) is 2.50. The van der Waals surface area contributed by atoms with Gasteiger partial charge in [0.2, 0.25) is 11.8 Å². The average molecular weight is 172 g/mol. The summed E-state index contributed by atoms with van der Waals surface area (Å²) >= 11 is 0. The van der Waals surface area contributed by atoms with Crippen molar-refractivity contribution in [3.63, 3.8) is 0 Å². The summed E-state index contributed by atoms with van der Waals surface area (Å²) in [7, 11) is 1.39. The maximum atomic E-state index is 11.0. The minimum Gasteiger partial charge on any atom is -0.341 e. The Bertz CT molecular complexity index is 199. The first kappa shape index (κ1) is 8.99. The van der Waals surface area contributed by atoms with Crippen LogP contribution in [0, 0.1) is 5.92 Å². The molecule has 1 rings (SSSR count). The lowest BCUT2D eigenvalue weighted by Crippen LogP contribution is -2.54. The molecular weight excluding hydrogens is 160 g/mol. The summed E-state index contributed by atoms with van der Waals surface area (Å²) in [5.41, 5.74) is 2.23. The highest BCUT2D eigenvalue weighted by molar-refractivity contribution is 5.82. The van der Waals surface area contributed by atoms with Gasteiger partial charge in [-0.3, -0.25) is 14.4 Å². The fourth-order valence-electron chi connectivity index (χ4n) is 1.09. The molecule has 1 saturated heterocycles. The van der Waals surface area contributed by atoms with Crippen LogP contribution in [0.15, 0.2) is 0 Å². The Morgan fingerprint density at radius 2 is 2.08 bits per heavy atom. The quantitative estimate of drug-likeness (QED) is 0.551. The number of hydroxylamine groups is 1. The van der Waals surface area contributed by atoms with Gasteiger partial charge in [0.15, 0.2) is 0 Å². The van der Waals surface area contributed by atoms with Crippen molar-refractivity contribution >= 4 is 11.8 Å². The molecule has 1 fully saturated rings. The monoisotopic (exact) mass is 172 g/mol. The molecule has 0 aromatic heterocycles. The number of amides is 2. The first-order chi connectivity index (χ1) is 5.65. The normalized spacial score (nSPS) is 17.0. The number of carbonyl (C=O) groups is 2. The number of hydrogen-bond acceptors (Lipinski definition) is 3. The predicted molar refractivity (Wildman–Crippen MR) is 40.9 cm³/mol. The van der Waals surface area contributed by atoms with Crippen molar-refractivity contribution in [1.82, 2.24) is 10.4 Å². The highest BCUT2D eigenvalue weighted by atomic mass is 16.6. The molecule has 5 heteroatoms. The third-order valence-electron chi connectivity index (χ3n) is 1.90. The van der Waals surface area contributed by atoms with Gasteiger partial charge in [0, 0.05) is 20.0 Å². The van der Waals surface area contributed by atoms with Crippen molar-refractivity contribution in [2.24, 2.45) is 5.92 Å². The highest BCUT2D eigenvalue weighted by Crippen LogP contribution is 2.14. The van der Waals surface area contributed by atoms with Crippen LogP contribution in [0.4, 0.5) is 0 Å². The maximum Gasteiger partial charge on any atom is 0.250 e. The van der Waals surface area contributed by atoms with Crippen LogP contribution in [0.5, 0.6) is 0 Å². The summed E-state index contributed by atoms with van der Waals surface area (Å²) in [6.07, 6.45) is 0. The third-order valence-corrected chi connectivity index (χ3v) is 1.90. The molecule has 0 atom stereocenters. The van der Waals surface area contributed by atoms with E-state index in [1.165, 1.54) is 14.0 Å². The first-order valence-corrected chi connectivity index (χ1v) is 3.73. The average Bonchev–Trinajstić information content (AvgIpc) is 1.82. The second-order valence-electron chi connectivity index (χ2n) is 2.79. The first-order valence-electron chi connectivity index (χ1n) is 3.73. The minimum atomic E-state index is -0.157. The molecule has 0 aromatic carbocycles. The molecule has 68 valence electrons. The van der Waals surface area contributed by atoms with Crippen LogP contribution >= 0.6 is 0 Å². The molecule has 0 saturated carbocycles. The van der Waals surface area contributed by atoms with Gasteiger partial charge in [0.05, 0.1) is 13.0 Å². The van der Waals surface area contributed by atoms with Crippen molar-refractivity contribution in [2.45, 2.75) is 6.92 Å². The summed E-state index contributed by atoms with van der Waals surface area (Å²) in [5, 5.41) is 0. The minimum absolute atomic E-state index is 0.0106. The predicted octanol–water partition coefficient (Wildman–Crippen LogP) is -0.858. The number of nitrogens with zero attached hydrogens (tertiary/aromatic N) is 1. The van der Waals surface area contributed by atoms with Gasteiger partial charge >= 0.3 is 0 Å². The van der Waals surface area contributed by atoms with E-state index < -0.39 is 0 Å². The Labute approximate surface area is 70.6 Å². The van der Waals surface area contributed by atoms with E-state index in [0.717, 1.165) is 0 Å². The fraction of sp³-hybridized carbons (Fsp3) is 0.714. The van der Waals surface area contributed by atoms with Crippen molar-refractivity contribution in [3.8, 4) is 0 Å². The Hall–Kier alpha value is -1.10. The van der Waals surface area contributed by atoms with E-state index in [9.17, 15) is 9.59 Å². The van der Waals surface area contributed by atoms with Crippen molar-refractivity contribution in [1.29, 1.82) is 0 Å². The Morgan fingerprint density at radius 3 is 2.50 bits per heavy atom. The van der Waals surface area contributed by atoms with E-state index in [0.29, 0.717) is 13.1 Å². The second-order valence-corrected chi connectivity index (χ2v) is 2.79. The molecular formula is C7H12N2O3. The van der Waals surface area contributed by atoms with Crippen LogP contribution in [-0.2, 0) is 14.4 Å². The molecule has 1 aliphatic heterocycles. The van der Waals surface area contributed by atoms with E-state index >= 15 is 0 Å². The summed E-state index contributed by atoms with van der Waals surface area (Å²) in [5.74, 6) is -0.250. The molecule has 0 unspecified atom stereocenters. The number of rotatable bonds is 2. The van der Waals surface area contributed by atoms with Gasteiger partial charge in [-0.15, -0.1) is 0 Å². The molecule has 0 bridgehead atoms. The van der Waals surface area contributed by atoms with E-state index in [2.05, 4.69) is 10.3 Å². The van der Waals surface area contributed by atoms with E-state index in [1.54, 1.807) is 4.90 Å². The Morgan fingerprint density at radius 1 is 1.50 bits per heavy atom. The summed E-state index contributed by atoms with van der Waals surface area (Å²) < 4.78 is 0. The lowest BCUT2D eigenvalue weighted by molar-refractivity contribution is -0.147. The van der Waals surface area contributed by atoms with Gasteiger partial charge in [-0.1, -0.05) is 0 Å². The van der Waals surface area contributed by atoms with Gasteiger partial charge in [-0.05, 0) is 0 Å². The zero-order valence-electron chi connectivity index (χ0n) is 7.16. The fourth-order valence-corrected chi connectivity index (χ4v) is 1.09. The van der Waals surface area contributed by atoms with E-state index in [1.807, 2.05) is 0 Å². The Balaban J connectivity index is 2.25. The largest absolute Gasteiger partial charge is 0.341 e. The SMILES string of the molecule is CONC(=O)C1CN(C(C)=O)C1. The van der Waals surface area contributed by atoms with Gasteiger partial charge in [0.25, 0.3) is 0 Å². The standard InChI is InChI=1S/C7H12N2O3/c1-5(10)9-3-6(4-9)7(11)8-12-2/h6H,3-4H2,1-2H3,(H,8,11). The molecule has 1 heterocycles. The van der Waals surface area contributed by atoms with Crippen LogP contribution in [-0.4, -0.2) is 36.9 Å². The highest BCUT2D eigenvalue weighted by Gasteiger charge is 2.33. The van der Waals surface area contributed by atoms with Crippen molar-refractivity contribution < 1.29 is 14.4 Å². The third kappa shape index (κ3) is 1.73. The Kier molecular flexibility index (Phi) is 2.65. The van der Waals surface area contributed by atoms with E-state index in [-0.39, 0.29) is 17.7 Å². The lowest BCUT2D eigenvalue weighted by Gasteiger charge is -2.37. The van der Waals surface area contributed by atoms with Crippen molar-refractivity contribution in [2.75, 3.05) is 20.2 Å².